The number of ketones is 1. The van der Waals surface area contributed by atoms with Crippen molar-refractivity contribution in [3.05, 3.63) is 35.6 Å². The smallest absolute Gasteiger partial charge is 0.329 e. The van der Waals surface area contributed by atoms with Gasteiger partial charge in [-0.15, -0.1) is 0 Å². The summed E-state index contributed by atoms with van der Waals surface area (Å²) in [6.07, 6.45) is 1.13. The Kier molecular flexibility index (Phi) is 7.53. The maximum absolute atomic E-state index is 12.9. The van der Waals surface area contributed by atoms with Crippen molar-refractivity contribution in [1.82, 2.24) is 5.32 Å². The van der Waals surface area contributed by atoms with E-state index in [1.54, 1.807) is 0 Å². The summed E-state index contributed by atoms with van der Waals surface area (Å²) in [4.78, 5) is 35.1. The predicted octanol–water partition coefficient (Wildman–Crippen LogP) is 1.73. The number of benzene rings is 1. The molecule has 1 aromatic carbocycles. The summed E-state index contributed by atoms with van der Waals surface area (Å²) in [7, 11) is 0. The topological polar surface area (TPSA) is 98.5 Å². The van der Waals surface area contributed by atoms with Gasteiger partial charge in [0.25, 0.3) is 0 Å². The molecule has 126 valence electrons. The molecule has 2 atom stereocenters. The van der Waals surface area contributed by atoms with E-state index in [1.165, 1.54) is 30.8 Å². The van der Waals surface area contributed by atoms with E-state index < -0.39 is 35.7 Å². The summed E-state index contributed by atoms with van der Waals surface area (Å²) >= 11 is 1.50. The van der Waals surface area contributed by atoms with Crippen LogP contribution >= 0.6 is 11.8 Å². The van der Waals surface area contributed by atoms with Gasteiger partial charge in [0, 0.05) is 5.56 Å². The number of rotatable bonds is 8. The Labute approximate surface area is 137 Å². The molecule has 0 bridgehead atoms. The molecule has 0 saturated heterocycles. The Balaban J connectivity index is 2.70. The van der Waals surface area contributed by atoms with Crippen molar-refractivity contribution >= 4 is 29.5 Å². The lowest BCUT2D eigenvalue weighted by Gasteiger charge is -2.19. The van der Waals surface area contributed by atoms with Crippen LogP contribution in [0.1, 0.15) is 23.7 Å². The Hall–Kier alpha value is -2.09. The molecule has 0 spiro atoms. The fourth-order valence-corrected chi connectivity index (χ4v) is 2.29. The molecule has 0 aliphatic carbocycles. The maximum Gasteiger partial charge on any atom is 0.329 e. The first-order valence-electron chi connectivity index (χ1n) is 6.90. The second-order valence-corrected chi connectivity index (χ2v) is 5.78. The van der Waals surface area contributed by atoms with Gasteiger partial charge in [-0.05, 0) is 49.6 Å². The van der Waals surface area contributed by atoms with Crippen molar-refractivity contribution in [2.24, 2.45) is 5.73 Å². The average molecular weight is 342 g/mol. The quantitative estimate of drug-likeness (QED) is 0.554. The minimum absolute atomic E-state index is 0.232. The Morgan fingerprint density at radius 3 is 2.43 bits per heavy atom. The number of hydrogen-bond donors (Lipinski definition) is 2. The van der Waals surface area contributed by atoms with Gasteiger partial charge in [0.2, 0.25) is 5.78 Å². The zero-order valence-corrected chi connectivity index (χ0v) is 13.7. The monoisotopic (exact) mass is 342 g/mol. The van der Waals surface area contributed by atoms with E-state index in [2.05, 4.69) is 5.32 Å². The lowest BCUT2D eigenvalue weighted by molar-refractivity contribution is -0.148. The zero-order valence-electron chi connectivity index (χ0n) is 12.9. The first kappa shape index (κ1) is 19.0. The highest BCUT2D eigenvalue weighted by Gasteiger charge is 2.26. The lowest BCUT2D eigenvalue weighted by Crippen LogP contribution is -2.46. The summed E-state index contributed by atoms with van der Waals surface area (Å²) in [5.41, 5.74) is 5.26. The molecule has 1 rings (SSSR count). The van der Waals surface area contributed by atoms with Crippen molar-refractivity contribution < 1.29 is 23.5 Å². The highest BCUT2D eigenvalue weighted by atomic mass is 32.2. The Morgan fingerprint density at radius 1 is 1.30 bits per heavy atom. The van der Waals surface area contributed by atoms with Crippen molar-refractivity contribution in [2.75, 3.05) is 12.0 Å². The van der Waals surface area contributed by atoms with Gasteiger partial charge in [0.15, 0.2) is 6.10 Å². The number of thioether (sulfide) groups is 1. The van der Waals surface area contributed by atoms with Crippen molar-refractivity contribution in [3.63, 3.8) is 0 Å². The van der Waals surface area contributed by atoms with E-state index in [-0.39, 0.29) is 5.56 Å². The highest BCUT2D eigenvalue weighted by Crippen LogP contribution is 2.10. The molecule has 0 heterocycles. The van der Waals surface area contributed by atoms with Gasteiger partial charge in [-0.2, -0.15) is 11.8 Å². The van der Waals surface area contributed by atoms with Crippen LogP contribution in [0.25, 0.3) is 0 Å². The van der Waals surface area contributed by atoms with Crippen molar-refractivity contribution in [3.8, 4) is 0 Å². The molecule has 0 aliphatic rings. The fourth-order valence-electron chi connectivity index (χ4n) is 1.82. The molecule has 0 unspecified atom stereocenters. The molecule has 0 aromatic heterocycles. The third kappa shape index (κ3) is 6.27. The molecule has 0 saturated carbocycles. The number of urea groups is 1. The van der Waals surface area contributed by atoms with Crippen LogP contribution < -0.4 is 11.1 Å². The summed E-state index contributed by atoms with van der Waals surface area (Å²) in [5.74, 6) is -1.05. The van der Waals surface area contributed by atoms with E-state index in [9.17, 15) is 18.8 Å². The number of nitrogens with one attached hydrogen (secondary N) is 1. The van der Waals surface area contributed by atoms with Crippen LogP contribution in [0.15, 0.2) is 24.3 Å². The van der Waals surface area contributed by atoms with Crippen LogP contribution in [0, 0.1) is 5.82 Å². The fraction of sp³-hybridized carbons (Fsp3) is 0.400. The molecule has 2 amide bonds. The van der Waals surface area contributed by atoms with Gasteiger partial charge < -0.3 is 15.8 Å². The number of amides is 2. The molecular weight excluding hydrogens is 323 g/mol. The molecule has 0 radical (unpaired) electrons. The van der Waals surface area contributed by atoms with Crippen LogP contribution in [-0.4, -0.2) is 41.9 Å². The Bertz CT molecular complexity index is 565. The van der Waals surface area contributed by atoms with Gasteiger partial charge >= 0.3 is 12.0 Å². The number of ether oxygens (including phenoxy) is 1. The number of carbonyl (C=O) groups is 3. The van der Waals surface area contributed by atoms with Crippen molar-refractivity contribution in [2.45, 2.75) is 25.5 Å². The van der Waals surface area contributed by atoms with Crippen LogP contribution in [0.3, 0.4) is 0 Å². The number of halogens is 1. The minimum atomic E-state index is -1.06. The van der Waals surface area contributed by atoms with E-state index in [1.807, 2.05) is 6.26 Å². The molecule has 6 nitrogen and oxygen atoms in total. The molecule has 23 heavy (non-hydrogen) atoms. The third-order valence-electron chi connectivity index (χ3n) is 3.00. The van der Waals surface area contributed by atoms with E-state index in [0.717, 1.165) is 12.1 Å². The van der Waals surface area contributed by atoms with E-state index in [4.69, 9.17) is 10.5 Å². The van der Waals surface area contributed by atoms with Gasteiger partial charge in [-0.1, -0.05) is 0 Å². The van der Waals surface area contributed by atoms with Crippen LogP contribution in [0.2, 0.25) is 0 Å². The number of hydrogen-bond acceptors (Lipinski definition) is 5. The number of primary amides is 1. The molecule has 3 N–H and O–H groups in total. The number of Topliss-reactive ketones (excluding diaryl/α,β-unsaturated/α-hetero) is 1. The molecule has 0 fully saturated rings. The molecular formula is C15H19FN2O4S. The minimum Gasteiger partial charge on any atom is -0.453 e. The Morgan fingerprint density at radius 2 is 1.91 bits per heavy atom. The largest absolute Gasteiger partial charge is 0.453 e. The van der Waals surface area contributed by atoms with Gasteiger partial charge in [0.1, 0.15) is 11.9 Å². The molecule has 1 aromatic rings. The summed E-state index contributed by atoms with van der Waals surface area (Å²) in [6.45, 7) is 1.42. The second kappa shape index (κ2) is 9.14. The van der Waals surface area contributed by atoms with Crippen molar-refractivity contribution in [1.29, 1.82) is 0 Å². The first-order valence-corrected chi connectivity index (χ1v) is 8.29. The summed E-state index contributed by atoms with van der Waals surface area (Å²) in [5, 5.41) is 2.30. The molecule has 0 aliphatic heterocycles. The number of carbonyl (C=O) groups excluding carboxylic acids is 3. The van der Waals surface area contributed by atoms with Gasteiger partial charge in [-0.25, -0.2) is 14.0 Å². The van der Waals surface area contributed by atoms with E-state index in [0.29, 0.717) is 12.2 Å². The number of esters is 1. The van der Waals surface area contributed by atoms with Crippen LogP contribution in [0.4, 0.5) is 9.18 Å². The zero-order chi connectivity index (χ0) is 17.4. The average Bonchev–Trinajstić information content (AvgIpc) is 2.50. The van der Waals surface area contributed by atoms with Crippen LogP contribution in [-0.2, 0) is 9.53 Å². The second-order valence-electron chi connectivity index (χ2n) is 4.79. The molecule has 8 heteroatoms. The SMILES string of the molecule is CSCC[C@@H](NC(N)=O)C(=O)O[C@@H](C)C(=O)c1ccc(F)cc1. The normalized spacial score (nSPS) is 13.0. The predicted molar refractivity (Wildman–Crippen MR) is 85.8 cm³/mol. The lowest BCUT2D eigenvalue weighted by atomic mass is 10.1. The third-order valence-corrected chi connectivity index (χ3v) is 3.65. The first-order chi connectivity index (χ1) is 10.8. The number of nitrogens with two attached hydrogens (primary N) is 1. The summed E-state index contributed by atoms with van der Waals surface area (Å²) < 4.78 is 18.0. The highest BCUT2D eigenvalue weighted by molar-refractivity contribution is 7.98. The standard InChI is InChI=1S/C15H19FN2O4S/c1-9(13(19)10-3-5-11(16)6-4-10)22-14(20)12(7-8-23-2)18-15(17)21/h3-6,9,12H,7-8H2,1-2H3,(H3,17,18,21)/t9-,12+/m0/s1. The van der Waals surface area contributed by atoms with Crippen LogP contribution in [0.5, 0.6) is 0 Å². The maximum atomic E-state index is 12.9. The van der Waals surface area contributed by atoms with Gasteiger partial charge in [-0.3, -0.25) is 4.79 Å². The van der Waals surface area contributed by atoms with Gasteiger partial charge in [0.05, 0.1) is 0 Å². The summed E-state index contributed by atoms with van der Waals surface area (Å²) in [6, 6.07) is 3.17. The van der Waals surface area contributed by atoms with E-state index >= 15 is 0 Å².